The standard InChI is InChI=1S/C21H29FN4O.HI/c1-16-9-10-20(27-16)19(26-13-5-6-14-26)15-25-21(23-2)24-12-11-17-7-3-4-8-18(17)22;/h3-4,7-10,19H,5-6,11-15H2,1-2H3,(H2,23,24,25);1H. The highest BCUT2D eigenvalue weighted by Crippen LogP contribution is 2.26. The van der Waals surface area contributed by atoms with E-state index in [1.807, 2.05) is 25.1 Å². The molecule has 0 aliphatic carbocycles. The molecule has 2 heterocycles. The molecule has 1 atom stereocenters. The van der Waals surface area contributed by atoms with Crippen molar-refractivity contribution >= 4 is 29.9 Å². The third kappa shape index (κ3) is 6.20. The number of guanidine groups is 1. The van der Waals surface area contributed by atoms with Gasteiger partial charge in [-0.05, 0) is 63.0 Å². The van der Waals surface area contributed by atoms with E-state index >= 15 is 0 Å². The molecular formula is C21H30FIN4O. The molecule has 0 amide bonds. The Morgan fingerprint density at radius 2 is 1.93 bits per heavy atom. The van der Waals surface area contributed by atoms with Crippen LogP contribution in [0.1, 0.15) is 36.0 Å². The molecular weight excluding hydrogens is 470 g/mol. The maximum atomic E-state index is 13.7. The number of furan rings is 1. The first-order valence-corrected chi connectivity index (χ1v) is 9.65. The van der Waals surface area contributed by atoms with Gasteiger partial charge in [-0.3, -0.25) is 9.89 Å². The summed E-state index contributed by atoms with van der Waals surface area (Å²) < 4.78 is 19.6. The van der Waals surface area contributed by atoms with Crippen LogP contribution in [-0.4, -0.2) is 44.1 Å². The van der Waals surface area contributed by atoms with Gasteiger partial charge in [-0.15, -0.1) is 24.0 Å². The largest absolute Gasteiger partial charge is 0.465 e. The number of aliphatic imine (C=N–C) groups is 1. The molecule has 1 aromatic carbocycles. The lowest BCUT2D eigenvalue weighted by Crippen LogP contribution is -2.43. The monoisotopic (exact) mass is 500 g/mol. The van der Waals surface area contributed by atoms with Crippen LogP contribution in [0.3, 0.4) is 0 Å². The van der Waals surface area contributed by atoms with Gasteiger partial charge in [-0.25, -0.2) is 4.39 Å². The number of nitrogens with zero attached hydrogens (tertiary/aromatic N) is 2. The van der Waals surface area contributed by atoms with Crippen LogP contribution in [-0.2, 0) is 6.42 Å². The second-order valence-corrected chi connectivity index (χ2v) is 6.93. The molecule has 2 aromatic rings. The number of hydrogen-bond donors (Lipinski definition) is 2. The molecule has 1 aliphatic heterocycles. The first-order chi connectivity index (χ1) is 13.2. The summed E-state index contributed by atoms with van der Waals surface area (Å²) in [5, 5.41) is 6.67. The zero-order chi connectivity index (χ0) is 19.1. The zero-order valence-corrected chi connectivity index (χ0v) is 18.9. The van der Waals surface area contributed by atoms with E-state index in [1.54, 1.807) is 13.1 Å². The first kappa shape index (κ1) is 22.7. The summed E-state index contributed by atoms with van der Waals surface area (Å²) in [6, 6.07) is 11.1. The van der Waals surface area contributed by atoms with E-state index < -0.39 is 0 Å². The maximum Gasteiger partial charge on any atom is 0.191 e. The van der Waals surface area contributed by atoms with Crippen molar-refractivity contribution in [1.82, 2.24) is 15.5 Å². The predicted octanol–water partition coefficient (Wildman–Crippen LogP) is 3.89. The van der Waals surface area contributed by atoms with Crippen molar-refractivity contribution in [3.8, 4) is 0 Å². The molecule has 7 heteroatoms. The zero-order valence-electron chi connectivity index (χ0n) is 16.6. The average Bonchev–Trinajstić information content (AvgIpc) is 3.34. The molecule has 1 aromatic heterocycles. The molecule has 3 rings (SSSR count). The van der Waals surface area contributed by atoms with Gasteiger partial charge in [0.2, 0.25) is 0 Å². The summed E-state index contributed by atoms with van der Waals surface area (Å²) in [5.41, 5.74) is 0.710. The van der Waals surface area contributed by atoms with E-state index in [-0.39, 0.29) is 35.8 Å². The number of benzene rings is 1. The molecule has 28 heavy (non-hydrogen) atoms. The third-order valence-corrected chi connectivity index (χ3v) is 5.00. The number of aryl methyl sites for hydroxylation is 1. The Labute approximate surface area is 183 Å². The van der Waals surface area contributed by atoms with Gasteiger partial charge in [0.15, 0.2) is 5.96 Å². The normalized spacial score (nSPS) is 15.9. The highest BCUT2D eigenvalue weighted by atomic mass is 127. The summed E-state index contributed by atoms with van der Waals surface area (Å²) in [7, 11) is 1.75. The van der Waals surface area contributed by atoms with Gasteiger partial charge in [-0.1, -0.05) is 18.2 Å². The number of hydrogen-bond acceptors (Lipinski definition) is 3. The summed E-state index contributed by atoms with van der Waals surface area (Å²) in [5.74, 6) is 2.48. The molecule has 154 valence electrons. The molecule has 2 N–H and O–H groups in total. The number of nitrogens with one attached hydrogen (secondary N) is 2. The van der Waals surface area contributed by atoms with Gasteiger partial charge in [0.1, 0.15) is 17.3 Å². The van der Waals surface area contributed by atoms with Gasteiger partial charge in [-0.2, -0.15) is 0 Å². The topological polar surface area (TPSA) is 52.8 Å². The van der Waals surface area contributed by atoms with Crippen molar-refractivity contribution in [2.24, 2.45) is 4.99 Å². The van der Waals surface area contributed by atoms with Crippen molar-refractivity contribution < 1.29 is 8.81 Å². The highest BCUT2D eigenvalue weighted by molar-refractivity contribution is 14.0. The first-order valence-electron chi connectivity index (χ1n) is 9.65. The summed E-state index contributed by atoms with van der Waals surface area (Å²) >= 11 is 0. The van der Waals surface area contributed by atoms with Crippen LogP contribution in [0.15, 0.2) is 45.8 Å². The van der Waals surface area contributed by atoms with Crippen LogP contribution in [0.4, 0.5) is 4.39 Å². The Morgan fingerprint density at radius 3 is 2.57 bits per heavy atom. The Bertz CT molecular complexity index is 758. The van der Waals surface area contributed by atoms with E-state index in [1.165, 1.54) is 18.9 Å². The van der Waals surface area contributed by atoms with E-state index in [9.17, 15) is 4.39 Å². The maximum absolute atomic E-state index is 13.7. The second kappa shape index (κ2) is 11.4. The van der Waals surface area contributed by atoms with Gasteiger partial charge in [0, 0.05) is 20.1 Å². The Kier molecular flexibility index (Phi) is 9.24. The number of halogens is 2. The fraction of sp³-hybridized carbons (Fsp3) is 0.476. The highest BCUT2D eigenvalue weighted by Gasteiger charge is 2.26. The van der Waals surface area contributed by atoms with E-state index in [4.69, 9.17) is 4.42 Å². The fourth-order valence-electron chi connectivity index (χ4n) is 3.53. The Morgan fingerprint density at radius 1 is 1.18 bits per heavy atom. The molecule has 0 spiro atoms. The van der Waals surface area contributed by atoms with Crippen LogP contribution >= 0.6 is 24.0 Å². The van der Waals surface area contributed by atoms with Crippen LogP contribution < -0.4 is 10.6 Å². The van der Waals surface area contributed by atoms with Gasteiger partial charge in [0.05, 0.1) is 6.04 Å². The summed E-state index contributed by atoms with van der Waals surface area (Å²) in [6.07, 6.45) is 3.07. The molecule has 1 fully saturated rings. The van der Waals surface area contributed by atoms with Crippen molar-refractivity contribution in [2.45, 2.75) is 32.2 Å². The Hall–Kier alpha value is -1.61. The fourth-order valence-corrected chi connectivity index (χ4v) is 3.53. The molecule has 0 saturated carbocycles. The van der Waals surface area contributed by atoms with E-state index in [0.717, 1.165) is 30.6 Å². The van der Waals surface area contributed by atoms with Crippen molar-refractivity contribution in [1.29, 1.82) is 0 Å². The van der Waals surface area contributed by atoms with Crippen LogP contribution in [0, 0.1) is 12.7 Å². The van der Waals surface area contributed by atoms with Crippen LogP contribution in [0.5, 0.6) is 0 Å². The van der Waals surface area contributed by atoms with E-state index in [0.29, 0.717) is 25.1 Å². The molecule has 0 radical (unpaired) electrons. The average molecular weight is 500 g/mol. The molecule has 1 saturated heterocycles. The quantitative estimate of drug-likeness (QED) is 0.344. The van der Waals surface area contributed by atoms with Crippen molar-refractivity contribution in [3.05, 3.63) is 59.3 Å². The summed E-state index contributed by atoms with van der Waals surface area (Å²) in [6.45, 7) is 5.49. The van der Waals surface area contributed by atoms with Crippen molar-refractivity contribution in [2.75, 3.05) is 33.2 Å². The van der Waals surface area contributed by atoms with Gasteiger partial charge >= 0.3 is 0 Å². The second-order valence-electron chi connectivity index (χ2n) is 6.93. The number of rotatable bonds is 7. The lowest BCUT2D eigenvalue weighted by molar-refractivity contribution is 0.213. The minimum absolute atomic E-state index is 0. The predicted molar refractivity (Wildman–Crippen MR) is 122 cm³/mol. The lowest BCUT2D eigenvalue weighted by atomic mass is 10.1. The van der Waals surface area contributed by atoms with E-state index in [2.05, 4.69) is 26.6 Å². The van der Waals surface area contributed by atoms with Gasteiger partial charge < -0.3 is 15.1 Å². The van der Waals surface area contributed by atoms with Gasteiger partial charge in [0.25, 0.3) is 0 Å². The van der Waals surface area contributed by atoms with Crippen LogP contribution in [0.2, 0.25) is 0 Å². The molecule has 0 bridgehead atoms. The molecule has 5 nitrogen and oxygen atoms in total. The SMILES string of the molecule is CN=C(NCCc1ccccc1F)NCC(c1ccc(C)o1)N1CCCC1.I. The minimum Gasteiger partial charge on any atom is -0.465 e. The van der Waals surface area contributed by atoms with Crippen LogP contribution in [0.25, 0.3) is 0 Å². The minimum atomic E-state index is -0.162. The van der Waals surface area contributed by atoms with Crippen molar-refractivity contribution in [3.63, 3.8) is 0 Å². The summed E-state index contributed by atoms with van der Waals surface area (Å²) in [4.78, 5) is 6.75. The molecule has 1 unspecified atom stereocenters. The molecule has 1 aliphatic rings. The number of likely N-dealkylation sites (tertiary alicyclic amines) is 1. The third-order valence-electron chi connectivity index (χ3n) is 5.00. The smallest absolute Gasteiger partial charge is 0.191 e. The lowest BCUT2D eigenvalue weighted by Gasteiger charge is -2.26. The Balaban J connectivity index is 0.00000280.